The largest absolute Gasteiger partial charge is 0.378 e. The second kappa shape index (κ2) is 7.52. The summed E-state index contributed by atoms with van der Waals surface area (Å²) < 4.78 is 2.01. The maximum atomic E-state index is 12.4. The van der Waals surface area contributed by atoms with Crippen molar-refractivity contribution in [2.75, 3.05) is 30.1 Å². The first-order valence-corrected chi connectivity index (χ1v) is 9.95. The van der Waals surface area contributed by atoms with Gasteiger partial charge >= 0.3 is 0 Å². The van der Waals surface area contributed by atoms with E-state index in [1.807, 2.05) is 65.9 Å². The summed E-state index contributed by atoms with van der Waals surface area (Å²) in [5, 5.41) is 13.4. The number of hydrogen-bond acceptors (Lipinski definition) is 5. The maximum absolute atomic E-state index is 12.4. The number of fused-ring (bicyclic) bond motifs is 3. The van der Waals surface area contributed by atoms with E-state index in [9.17, 15) is 4.79 Å². The highest BCUT2D eigenvalue weighted by Crippen LogP contribution is 2.26. The lowest BCUT2D eigenvalue weighted by Crippen LogP contribution is -2.14. The van der Waals surface area contributed by atoms with Crippen molar-refractivity contribution in [3.05, 3.63) is 60.2 Å². The van der Waals surface area contributed by atoms with Gasteiger partial charge in [0, 0.05) is 30.9 Å². The number of anilines is 2. The lowest BCUT2D eigenvalue weighted by atomic mass is 10.1. The van der Waals surface area contributed by atoms with Gasteiger partial charge in [-0.05, 0) is 48.9 Å². The number of pyridine rings is 1. The van der Waals surface area contributed by atoms with E-state index in [2.05, 4.69) is 34.6 Å². The fourth-order valence-corrected chi connectivity index (χ4v) is 3.89. The molecule has 2 aromatic carbocycles. The third-order valence-electron chi connectivity index (χ3n) is 4.57. The molecule has 6 nitrogen and oxygen atoms in total. The monoisotopic (exact) mass is 391 g/mol. The smallest absolute Gasteiger partial charge is 0.234 e. The number of aryl methyl sites for hydroxylation is 1. The molecule has 0 aliphatic carbocycles. The molecular weight excluding hydrogens is 370 g/mol. The number of hydrogen-bond donors (Lipinski definition) is 1. The van der Waals surface area contributed by atoms with Crippen molar-refractivity contribution in [3.8, 4) is 0 Å². The van der Waals surface area contributed by atoms with Crippen molar-refractivity contribution < 1.29 is 4.79 Å². The van der Waals surface area contributed by atoms with Crippen LogP contribution in [-0.2, 0) is 4.79 Å². The molecule has 0 aliphatic heterocycles. The fraction of sp³-hybridized carbons (Fsp3) is 0.190. The fourth-order valence-electron chi connectivity index (χ4n) is 3.14. The van der Waals surface area contributed by atoms with Crippen molar-refractivity contribution in [1.29, 1.82) is 0 Å². The topological polar surface area (TPSA) is 62.5 Å². The molecule has 0 fully saturated rings. The summed E-state index contributed by atoms with van der Waals surface area (Å²) >= 11 is 1.38. The molecule has 4 rings (SSSR count). The molecule has 4 aromatic rings. The van der Waals surface area contributed by atoms with Gasteiger partial charge in [0.05, 0.1) is 11.3 Å². The summed E-state index contributed by atoms with van der Waals surface area (Å²) in [7, 11) is 3.97. The van der Waals surface area contributed by atoms with Crippen LogP contribution in [0, 0.1) is 6.92 Å². The molecule has 0 aliphatic rings. The standard InChI is InChI=1S/C21H21N5OS/c1-14-12-19-23-24-21(26(19)18-7-5-4-6-17(14)18)28-13-20(27)22-15-8-10-16(11-9-15)25(2)3/h4-12H,13H2,1-3H3,(H,22,27). The highest BCUT2D eigenvalue weighted by atomic mass is 32.2. The number of carbonyl (C=O) groups is 1. The number of thioether (sulfide) groups is 1. The first-order chi connectivity index (χ1) is 13.5. The Balaban J connectivity index is 1.51. The highest BCUT2D eigenvalue weighted by molar-refractivity contribution is 7.99. The minimum atomic E-state index is -0.0734. The van der Waals surface area contributed by atoms with Crippen LogP contribution in [-0.4, -0.2) is 40.4 Å². The average molecular weight is 392 g/mol. The molecule has 1 N–H and O–H groups in total. The van der Waals surface area contributed by atoms with Gasteiger partial charge in [0.15, 0.2) is 10.8 Å². The number of aromatic nitrogens is 3. The predicted molar refractivity (Wildman–Crippen MR) is 115 cm³/mol. The lowest BCUT2D eigenvalue weighted by Gasteiger charge is -2.13. The Hall–Kier alpha value is -3.06. The van der Waals surface area contributed by atoms with E-state index in [4.69, 9.17) is 0 Å². The molecule has 0 radical (unpaired) electrons. The van der Waals surface area contributed by atoms with Crippen LogP contribution >= 0.6 is 11.8 Å². The third kappa shape index (κ3) is 3.53. The Morgan fingerprint density at radius 3 is 2.61 bits per heavy atom. The van der Waals surface area contributed by atoms with E-state index < -0.39 is 0 Å². The van der Waals surface area contributed by atoms with Gasteiger partial charge in [-0.25, -0.2) is 0 Å². The average Bonchev–Trinajstić information content (AvgIpc) is 3.10. The zero-order valence-corrected chi connectivity index (χ0v) is 16.8. The summed E-state index contributed by atoms with van der Waals surface area (Å²) in [6, 6.07) is 17.9. The minimum absolute atomic E-state index is 0.0734. The third-order valence-corrected chi connectivity index (χ3v) is 5.50. The van der Waals surface area contributed by atoms with Gasteiger partial charge in [0.25, 0.3) is 0 Å². The van der Waals surface area contributed by atoms with Gasteiger partial charge in [-0.1, -0.05) is 30.0 Å². The Kier molecular flexibility index (Phi) is 4.92. The van der Waals surface area contributed by atoms with Crippen molar-refractivity contribution in [2.24, 2.45) is 0 Å². The summed E-state index contributed by atoms with van der Waals surface area (Å²) in [6.45, 7) is 2.07. The first kappa shape index (κ1) is 18.3. The number of carbonyl (C=O) groups excluding carboxylic acids is 1. The van der Waals surface area contributed by atoms with Crippen LogP contribution in [0.3, 0.4) is 0 Å². The van der Waals surface area contributed by atoms with E-state index >= 15 is 0 Å². The van der Waals surface area contributed by atoms with Gasteiger partial charge in [0.1, 0.15) is 0 Å². The highest BCUT2D eigenvalue weighted by Gasteiger charge is 2.13. The van der Waals surface area contributed by atoms with Crippen LogP contribution in [0.15, 0.2) is 59.8 Å². The molecule has 1 amide bonds. The van der Waals surface area contributed by atoms with E-state index in [0.717, 1.165) is 33.5 Å². The van der Waals surface area contributed by atoms with E-state index in [-0.39, 0.29) is 11.7 Å². The Morgan fingerprint density at radius 1 is 1.11 bits per heavy atom. The molecule has 0 unspecified atom stereocenters. The molecule has 0 atom stereocenters. The van der Waals surface area contributed by atoms with Crippen LogP contribution in [0.25, 0.3) is 16.6 Å². The number of nitrogens with one attached hydrogen (secondary N) is 1. The number of nitrogens with zero attached hydrogens (tertiary/aromatic N) is 4. The Morgan fingerprint density at radius 2 is 1.86 bits per heavy atom. The summed E-state index contributed by atoms with van der Waals surface area (Å²) in [5.41, 5.74) is 4.86. The first-order valence-electron chi connectivity index (χ1n) is 8.96. The molecule has 0 saturated carbocycles. The van der Waals surface area contributed by atoms with Crippen molar-refractivity contribution in [3.63, 3.8) is 0 Å². The van der Waals surface area contributed by atoms with Crippen LogP contribution in [0.1, 0.15) is 5.56 Å². The van der Waals surface area contributed by atoms with Crippen LogP contribution in [0.5, 0.6) is 0 Å². The number of para-hydroxylation sites is 1. The second-order valence-corrected chi connectivity index (χ2v) is 7.74. The number of amides is 1. The normalized spacial score (nSPS) is 11.1. The maximum Gasteiger partial charge on any atom is 0.234 e. The van der Waals surface area contributed by atoms with Gasteiger partial charge in [-0.15, -0.1) is 10.2 Å². The van der Waals surface area contributed by atoms with E-state index in [1.54, 1.807) is 0 Å². The zero-order valence-electron chi connectivity index (χ0n) is 16.0. The zero-order chi connectivity index (χ0) is 19.7. The molecule has 28 heavy (non-hydrogen) atoms. The number of benzene rings is 2. The predicted octanol–water partition coefficient (Wildman–Crippen LogP) is 3.99. The van der Waals surface area contributed by atoms with Crippen molar-refractivity contribution in [2.45, 2.75) is 12.1 Å². The molecule has 142 valence electrons. The minimum Gasteiger partial charge on any atom is -0.378 e. The van der Waals surface area contributed by atoms with Gasteiger partial charge in [-0.3, -0.25) is 9.20 Å². The molecule has 2 heterocycles. The Bertz CT molecular complexity index is 1150. The van der Waals surface area contributed by atoms with Crippen LogP contribution < -0.4 is 10.2 Å². The molecular formula is C21H21N5OS. The summed E-state index contributed by atoms with van der Waals surface area (Å²) in [4.78, 5) is 14.4. The molecule has 7 heteroatoms. The summed E-state index contributed by atoms with van der Waals surface area (Å²) in [5.74, 6) is 0.189. The molecule has 0 bridgehead atoms. The lowest BCUT2D eigenvalue weighted by molar-refractivity contribution is -0.113. The molecule has 2 aromatic heterocycles. The number of rotatable bonds is 5. The molecule has 0 spiro atoms. The SMILES string of the molecule is Cc1cc2nnc(SCC(=O)Nc3ccc(N(C)C)cc3)n2c2ccccc12. The second-order valence-electron chi connectivity index (χ2n) is 6.80. The van der Waals surface area contributed by atoms with Gasteiger partial charge in [-0.2, -0.15) is 0 Å². The molecule has 0 saturated heterocycles. The quantitative estimate of drug-likeness (QED) is 0.521. The summed E-state index contributed by atoms with van der Waals surface area (Å²) in [6.07, 6.45) is 0. The van der Waals surface area contributed by atoms with Gasteiger partial charge in [0.2, 0.25) is 5.91 Å². The van der Waals surface area contributed by atoms with E-state index in [1.165, 1.54) is 11.8 Å². The Labute approximate surface area is 167 Å². The van der Waals surface area contributed by atoms with Crippen molar-refractivity contribution >= 4 is 45.6 Å². The van der Waals surface area contributed by atoms with Crippen LogP contribution in [0.2, 0.25) is 0 Å². The van der Waals surface area contributed by atoms with Crippen molar-refractivity contribution in [1.82, 2.24) is 14.6 Å². The van der Waals surface area contributed by atoms with Gasteiger partial charge < -0.3 is 10.2 Å². The van der Waals surface area contributed by atoms with Crippen LogP contribution in [0.4, 0.5) is 11.4 Å². The van der Waals surface area contributed by atoms with E-state index in [0.29, 0.717) is 5.16 Å².